The number of sulfone groups is 1. The summed E-state index contributed by atoms with van der Waals surface area (Å²) in [6.07, 6.45) is 0.603. The van der Waals surface area contributed by atoms with Crippen LogP contribution in [-0.2, 0) is 15.2 Å². The highest BCUT2D eigenvalue weighted by molar-refractivity contribution is 9.08. The van der Waals surface area contributed by atoms with E-state index in [1.54, 1.807) is 0 Å². The molecule has 0 aliphatic carbocycles. The van der Waals surface area contributed by atoms with Crippen LogP contribution in [0.25, 0.3) is 0 Å². The highest BCUT2D eigenvalue weighted by Crippen LogP contribution is 2.22. The molecule has 0 fully saturated rings. The zero-order valence-electron chi connectivity index (χ0n) is 10.2. The Morgan fingerprint density at radius 3 is 2.67 bits per heavy atom. The molecule has 0 amide bonds. The Labute approximate surface area is 115 Å². The maximum Gasteiger partial charge on any atom is 0.153 e. The van der Waals surface area contributed by atoms with Gasteiger partial charge >= 0.3 is 0 Å². The maximum atomic E-state index is 13.0. The van der Waals surface area contributed by atoms with Crippen LogP contribution in [-0.4, -0.2) is 26.5 Å². The molecule has 0 unspecified atom stereocenters. The van der Waals surface area contributed by atoms with Crippen LogP contribution in [0.3, 0.4) is 0 Å². The van der Waals surface area contributed by atoms with Gasteiger partial charge in [0.1, 0.15) is 18.2 Å². The van der Waals surface area contributed by atoms with Gasteiger partial charge in [0.2, 0.25) is 0 Å². The van der Waals surface area contributed by atoms with Gasteiger partial charge in [-0.15, -0.1) is 0 Å². The van der Waals surface area contributed by atoms with E-state index in [9.17, 15) is 12.8 Å². The van der Waals surface area contributed by atoms with Gasteiger partial charge in [-0.05, 0) is 24.6 Å². The fourth-order valence-electron chi connectivity index (χ4n) is 1.48. The SMILES string of the molecule is CCCS(=O)(=O)CCOc1ccc(F)cc1CBr. The normalized spacial score (nSPS) is 11.5. The first-order valence-corrected chi connectivity index (χ1v) is 8.60. The van der Waals surface area contributed by atoms with E-state index in [4.69, 9.17) is 4.74 Å². The average molecular weight is 339 g/mol. The van der Waals surface area contributed by atoms with Gasteiger partial charge in [-0.3, -0.25) is 0 Å². The number of hydrogen-bond acceptors (Lipinski definition) is 3. The summed E-state index contributed by atoms with van der Waals surface area (Å²) in [5.74, 6) is 0.334. The molecule has 0 aliphatic heterocycles. The van der Waals surface area contributed by atoms with Crippen molar-refractivity contribution in [2.24, 2.45) is 0 Å². The molecule has 18 heavy (non-hydrogen) atoms. The van der Waals surface area contributed by atoms with Crippen molar-refractivity contribution in [2.75, 3.05) is 18.1 Å². The first kappa shape index (κ1) is 15.4. The van der Waals surface area contributed by atoms with Gasteiger partial charge in [-0.1, -0.05) is 22.9 Å². The summed E-state index contributed by atoms with van der Waals surface area (Å²) in [6.45, 7) is 1.91. The monoisotopic (exact) mass is 338 g/mol. The summed E-state index contributed by atoms with van der Waals surface area (Å²) >= 11 is 3.23. The van der Waals surface area contributed by atoms with Gasteiger partial charge in [-0.2, -0.15) is 0 Å². The van der Waals surface area contributed by atoms with E-state index in [0.29, 0.717) is 23.1 Å². The molecule has 1 rings (SSSR count). The lowest BCUT2D eigenvalue weighted by Gasteiger charge is -2.10. The molecule has 0 atom stereocenters. The summed E-state index contributed by atoms with van der Waals surface area (Å²) < 4.78 is 41.3. The van der Waals surface area contributed by atoms with Crippen molar-refractivity contribution in [1.82, 2.24) is 0 Å². The predicted molar refractivity (Wildman–Crippen MR) is 73.5 cm³/mol. The Hall–Kier alpha value is -0.620. The number of rotatable bonds is 7. The minimum atomic E-state index is -3.04. The van der Waals surface area contributed by atoms with Gasteiger partial charge in [0, 0.05) is 10.9 Å². The molecule has 0 radical (unpaired) electrons. The molecule has 1 aromatic rings. The molecule has 0 N–H and O–H groups in total. The second-order valence-electron chi connectivity index (χ2n) is 3.89. The van der Waals surface area contributed by atoms with Crippen molar-refractivity contribution in [2.45, 2.75) is 18.7 Å². The standard InChI is InChI=1S/C12H16BrFO3S/c1-2-6-18(15,16)7-5-17-12-4-3-11(14)8-10(12)9-13/h3-4,8H,2,5-7,9H2,1H3. The van der Waals surface area contributed by atoms with E-state index in [0.717, 1.165) is 0 Å². The third-order valence-electron chi connectivity index (χ3n) is 2.33. The molecule has 3 nitrogen and oxygen atoms in total. The van der Waals surface area contributed by atoms with Crippen LogP contribution in [0.5, 0.6) is 5.75 Å². The van der Waals surface area contributed by atoms with Crippen LogP contribution < -0.4 is 4.74 Å². The first-order valence-electron chi connectivity index (χ1n) is 5.66. The molecule has 0 saturated heterocycles. The average Bonchev–Trinajstić information content (AvgIpc) is 2.30. The predicted octanol–water partition coefficient (Wildman–Crippen LogP) is 2.92. The van der Waals surface area contributed by atoms with Crippen LogP contribution in [0.15, 0.2) is 18.2 Å². The number of ether oxygens (including phenoxy) is 1. The number of alkyl halides is 1. The third-order valence-corrected chi connectivity index (χ3v) is 4.76. The van der Waals surface area contributed by atoms with Crippen molar-refractivity contribution < 1.29 is 17.5 Å². The quantitative estimate of drug-likeness (QED) is 0.718. The van der Waals surface area contributed by atoms with Gasteiger partial charge in [0.05, 0.1) is 11.5 Å². The van der Waals surface area contributed by atoms with Crippen LogP contribution in [0.2, 0.25) is 0 Å². The summed E-state index contributed by atoms with van der Waals surface area (Å²) in [7, 11) is -3.04. The largest absolute Gasteiger partial charge is 0.492 e. The second-order valence-corrected chi connectivity index (χ2v) is 6.75. The molecule has 0 bridgehead atoms. The van der Waals surface area contributed by atoms with Crippen molar-refractivity contribution in [1.29, 1.82) is 0 Å². The van der Waals surface area contributed by atoms with E-state index in [1.807, 2.05) is 6.92 Å². The highest BCUT2D eigenvalue weighted by atomic mass is 79.9. The molecule has 102 valence electrons. The Bertz CT molecular complexity index is 488. The summed E-state index contributed by atoms with van der Waals surface area (Å²) in [4.78, 5) is 0. The van der Waals surface area contributed by atoms with E-state index in [2.05, 4.69) is 15.9 Å². The lowest BCUT2D eigenvalue weighted by molar-refractivity contribution is 0.337. The molecule has 1 aromatic carbocycles. The second kappa shape index (κ2) is 7.09. The summed E-state index contributed by atoms with van der Waals surface area (Å²) in [6, 6.07) is 4.17. The zero-order chi connectivity index (χ0) is 13.6. The minimum Gasteiger partial charge on any atom is -0.492 e. The van der Waals surface area contributed by atoms with E-state index >= 15 is 0 Å². The lowest BCUT2D eigenvalue weighted by atomic mass is 10.2. The zero-order valence-corrected chi connectivity index (χ0v) is 12.6. The smallest absolute Gasteiger partial charge is 0.153 e. The van der Waals surface area contributed by atoms with E-state index in [1.165, 1.54) is 18.2 Å². The van der Waals surface area contributed by atoms with Gasteiger partial charge in [0.25, 0.3) is 0 Å². The van der Waals surface area contributed by atoms with Crippen LogP contribution in [0.4, 0.5) is 4.39 Å². The minimum absolute atomic E-state index is 0.0139. The Kier molecular flexibility index (Phi) is 6.08. The van der Waals surface area contributed by atoms with Crippen molar-refractivity contribution in [3.05, 3.63) is 29.6 Å². The third kappa shape index (κ3) is 4.94. The Morgan fingerprint density at radius 2 is 2.06 bits per heavy atom. The van der Waals surface area contributed by atoms with Crippen LogP contribution in [0.1, 0.15) is 18.9 Å². The maximum absolute atomic E-state index is 13.0. The van der Waals surface area contributed by atoms with Crippen molar-refractivity contribution >= 4 is 25.8 Å². The molecular formula is C12H16BrFO3S. The molecule has 0 spiro atoms. The molecule has 0 saturated carbocycles. The number of benzene rings is 1. The fraction of sp³-hybridized carbons (Fsp3) is 0.500. The fourth-order valence-corrected chi connectivity index (χ4v) is 3.09. The number of hydrogen-bond donors (Lipinski definition) is 0. The van der Waals surface area contributed by atoms with E-state index < -0.39 is 9.84 Å². The number of halogens is 2. The van der Waals surface area contributed by atoms with Crippen LogP contribution >= 0.6 is 15.9 Å². The Morgan fingerprint density at radius 1 is 1.33 bits per heavy atom. The molecule has 0 heterocycles. The summed E-state index contributed by atoms with van der Waals surface area (Å²) in [5.41, 5.74) is 0.669. The van der Waals surface area contributed by atoms with Crippen molar-refractivity contribution in [3.8, 4) is 5.75 Å². The first-order chi connectivity index (χ1) is 8.48. The molecule has 0 aliphatic rings. The van der Waals surface area contributed by atoms with Crippen molar-refractivity contribution in [3.63, 3.8) is 0 Å². The lowest BCUT2D eigenvalue weighted by Crippen LogP contribution is -2.17. The molecule has 6 heteroatoms. The van der Waals surface area contributed by atoms with Gasteiger partial charge < -0.3 is 4.74 Å². The molecular weight excluding hydrogens is 323 g/mol. The topological polar surface area (TPSA) is 43.4 Å². The van der Waals surface area contributed by atoms with Gasteiger partial charge in [0.15, 0.2) is 9.84 Å². The van der Waals surface area contributed by atoms with Crippen LogP contribution in [0, 0.1) is 5.82 Å². The highest BCUT2D eigenvalue weighted by Gasteiger charge is 2.10. The summed E-state index contributed by atoms with van der Waals surface area (Å²) in [5, 5.41) is 0.460. The van der Waals surface area contributed by atoms with Gasteiger partial charge in [-0.25, -0.2) is 12.8 Å². The Balaban J connectivity index is 2.59. The van der Waals surface area contributed by atoms with E-state index in [-0.39, 0.29) is 23.9 Å². The molecule has 0 aromatic heterocycles.